The Balaban J connectivity index is 2.05. The second-order valence-corrected chi connectivity index (χ2v) is 5.78. The van der Waals surface area contributed by atoms with Gasteiger partial charge in [0.1, 0.15) is 0 Å². The zero-order chi connectivity index (χ0) is 13.8. The van der Waals surface area contributed by atoms with Crippen molar-refractivity contribution in [3.05, 3.63) is 56.7 Å². The number of nitrogens with one attached hydrogen (secondary N) is 1. The van der Waals surface area contributed by atoms with Crippen LogP contribution in [0.3, 0.4) is 0 Å². The minimum absolute atomic E-state index is 0.246. The summed E-state index contributed by atoms with van der Waals surface area (Å²) in [7, 11) is 0. The molecule has 0 fully saturated rings. The smallest absolute Gasteiger partial charge is 0.267 e. The van der Waals surface area contributed by atoms with Gasteiger partial charge in [-0.1, -0.05) is 11.6 Å². The first-order chi connectivity index (χ1) is 9.06. The van der Waals surface area contributed by atoms with Crippen LogP contribution in [0.5, 0.6) is 0 Å². The van der Waals surface area contributed by atoms with Crippen molar-refractivity contribution in [2.45, 2.75) is 13.8 Å². The first-order valence-corrected chi connectivity index (χ1v) is 6.93. The van der Waals surface area contributed by atoms with E-state index in [0.29, 0.717) is 10.6 Å². The zero-order valence-electron chi connectivity index (χ0n) is 10.6. The summed E-state index contributed by atoms with van der Waals surface area (Å²) < 4.78 is 0. The molecule has 0 unspecified atom stereocenters. The van der Waals surface area contributed by atoms with Crippen LogP contribution in [0.4, 0.5) is 0 Å². The van der Waals surface area contributed by atoms with Crippen LogP contribution in [-0.4, -0.2) is 11.6 Å². The lowest BCUT2D eigenvalue weighted by Gasteiger charge is -2.01. The second-order valence-electron chi connectivity index (χ2n) is 4.06. The monoisotopic (exact) mass is 292 g/mol. The number of thiophene rings is 1. The second kappa shape index (κ2) is 5.99. The molecule has 2 rings (SSSR count). The van der Waals surface area contributed by atoms with Gasteiger partial charge < -0.3 is 0 Å². The highest BCUT2D eigenvalue weighted by molar-refractivity contribution is 7.14. The minimum atomic E-state index is -0.246. The lowest BCUT2D eigenvalue weighted by Crippen LogP contribution is -2.18. The van der Waals surface area contributed by atoms with E-state index in [1.807, 2.05) is 26.0 Å². The summed E-state index contributed by atoms with van der Waals surface area (Å²) in [6, 6.07) is 10.7. The van der Waals surface area contributed by atoms with Crippen molar-refractivity contribution in [3.8, 4) is 0 Å². The molecule has 98 valence electrons. The molecule has 1 amide bonds. The predicted molar refractivity (Wildman–Crippen MR) is 80.2 cm³/mol. The molecule has 0 bridgehead atoms. The van der Waals surface area contributed by atoms with Crippen molar-refractivity contribution in [1.82, 2.24) is 5.43 Å². The van der Waals surface area contributed by atoms with Crippen LogP contribution in [-0.2, 0) is 0 Å². The van der Waals surface area contributed by atoms with Crippen molar-refractivity contribution in [2.24, 2.45) is 5.10 Å². The van der Waals surface area contributed by atoms with E-state index in [1.165, 1.54) is 4.88 Å². The summed E-state index contributed by atoms with van der Waals surface area (Å²) in [5.41, 5.74) is 3.86. The van der Waals surface area contributed by atoms with Gasteiger partial charge >= 0.3 is 0 Å². The van der Waals surface area contributed by atoms with Gasteiger partial charge in [-0.15, -0.1) is 11.3 Å². The summed E-state index contributed by atoms with van der Waals surface area (Å²) in [5, 5.41) is 4.70. The van der Waals surface area contributed by atoms with Gasteiger partial charge in [0.25, 0.3) is 5.91 Å². The Morgan fingerprint density at radius 3 is 2.47 bits per heavy atom. The Morgan fingerprint density at radius 1 is 1.21 bits per heavy atom. The standard InChI is InChI=1S/C14H13ClN2OS/c1-9-3-8-13(19-9)10(2)16-17-14(18)11-4-6-12(15)7-5-11/h3-8H,1-2H3,(H,17,18)/b16-10-. The van der Waals surface area contributed by atoms with Gasteiger partial charge in [-0.2, -0.15) is 5.10 Å². The predicted octanol–water partition coefficient (Wildman–Crippen LogP) is 3.86. The molecule has 19 heavy (non-hydrogen) atoms. The summed E-state index contributed by atoms with van der Waals surface area (Å²) >= 11 is 7.41. The third-order valence-corrected chi connectivity index (χ3v) is 3.89. The van der Waals surface area contributed by atoms with Crippen LogP contribution in [0.1, 0.15) is 27.0 Å². The maximum absolute atomic E-state index is 11.8. The van der Waals surface area contributed by atoms with E-state index in [2.05, 4.69) is 10.5 Å². The van der Waals surface area contributed by atoms with Crippen molar-refractivity contribution in [1.29, 1.82) is 0 Å². The Hall–Kier alpha value is -1.65. The molecule has 1 aromatic heterocycles. The van der Waals surface area contributed by atoms with E-state index in [1.54, 1.807) is 35.6 Å². The van der Waals surface area contributed by atoms with E-state index < -0.39 is 0 Å². The Kier molecular flexibility index (Phi) is 4.35. The first-order valence-electron chi connectivity index (χ1n) is 5.73. The average molecular weight is 293 g/mol. The average Bonchev–Trinajstić information content (AvgIpc) is 2.83. The largest absolute Gasteiger partial charge is 0.271 e. The number of halogens is 1. The molecule has 0 spiro atoms. The molecule has 0 saturated heterocycles. The zero-order valence-corrected chi connectivity index (χ0v) is 12.2. The lowest BCUT2D eigenvalue weighted by atomic mass is 10.2. The van der Waals surface area contributed by atoms with Crippen LogP contribution >= 0.6 is 22.9 Å². The van der Waals surface area contributed by atoms with Crippen LogP contribution < -0.4 is 5.43 Å². The van der Waals surface area contributed by atoms with Crippen LogP contribution in [0.25, 0.3) is 0 Å². The van der Waals surface area contributed by atoms with E-state index in [-0.39, 0.29) is 5.91 Å². The number of rotatable bonds is 3. The van der Waals surface area contributed by atoms with Crippen molar-refractivity contribution < 1.29 is 4.79 Å². The van der Waals surface area contributed by atoms with E-state index in [0.717, 1.165) is 10.6 Å². The number of hydrazone groups is 1. The van der Waals surface area contributed by atoms with Crippen molar-refractivity contribution >= 4 is 34.6 Å². The molecule has 0 radical (unpaired) electrons. The molecule has 0 aliphatic rings. The molecule has 0 aliphatic carbocycles. The fraction of sp³-hybridized carbons (Fsp3) is 0.143. The molecular formula is C14H13ClN2OS. The Labute approximate surface area is 120 Å². The van der Waals surface area contributed by atoms with Gasteiger partial charge in [0.05, 0.1) is 10.6 Å². The van der Waals surface area contributed by atoms with Gasteiger partial charge in [0.15, 0.2) is 0 Å². The third kappa shape index (κ3) is 3.66. The number of carbonyl (C=O) groups is 1. The molecular weight excluding hydrogens is 280 g/mol. The van der Waals surface area contributed by atoms with Crippen molar-refractivity contribution in [3.63, 3.8) is 0 Å². The van der Waals surface area contributed by atoms with Gasteiger partial charge in [0, 0.05) is 15.5 Å². The lowest BCUT2D eigenvalue weighted by molar-refractivity contribution is 0.0955. The fourth-order valence-electron chi connectivity index (χ4n) is 1.48. The normalized spacial score (nSPS) is 11.4. The summed E-state index contributed by atoms with van der Waals surface area (Å²) in [5.74, 6) is -0.246. The van der Waals surface area contributed by atoms with Gasteiger partial charge in [-0.3, -0.25) is 4.79 Å². The van der Waals surface area contributed by atoms with Crippen LogP contribution in [0, 0.1) is 6.92 Å². The van der Waals surface area contributed by atoms with E-state index in [9.17, 15) is 4.79 Å². The molecule has 1 N–H and O–H groups in total. The highest BCUT2D eigenvalue weighted by atomic mass is 35.5. The van der Waals surface area contributed by atoms with E-state index in [4.69, 9.17) is 11.6 Å². The van der Waals surface area contributed by atoms with E-state index >= 15 is 0 Å². The Morgan fingerprint density at radius 2 is 1.89 bits per heavy atom. The fourth-order valence-corrected chi connectivity index (χ4v) is 2.42. The summed E-state index contributed by atoms with van der Waals surface area (Å²) in [6.45, 7) is 3.90. The Bertz CT molecular complexity index is 617. The SMILES string of the molecule is C/C(=N/NC(=O)c1ccc(Cl)cc1)c1ccc(C)s1. The molecule has 3 nitrogen and oxygen atoms in total. The maximum atomic E-state index is 11.8. The van der Waals surface area contributed by atoms with Gasteiger partial charge in [-0.05, 0) is 50.2 Å². The number of benzene rings is 1. The number of hydrogen-bond donors (Lipinski definition) is 1. The molecule has 2 aromatic rings. The summed E-state index contributed by atoms with van der Waals surface area (Å²) in [6.07, 6.45) is 0. The topological polar surface area (TPSA) is 41.5 Å². The molecule has 5 heteroatoms. The molecule has 0 saturated carbocycles. The maximum Gasteiger partial charge on any atom is 0.271 e. The number of amides is 1. The molecule has 1 heterocycles. The van der Waals surface area contributed by atoms with Crippen LogP contribution in [0.15, 0.2) is 41.5 Å². The molecule has 0 aliphatic heterocycles. The first kappa shape index (κ1) is 13.8. The minimum Gasteiger partial charge on any atom is -0.267 e. The quantitative estimate of drug-likeness (QED) is 0.677. The van der Waals surface area contributed by atoms with Gasteiger partial charge in [-0.25, -0.2) is 5.43 Å². The van der Waals surface area contributed by atoms with Gasteiger partial charge in [0.2, 0.25) is 0 Å². The van der Waals surface area contributed by atoms with Crippen LogP contribution in [0.2, 0.25) is 5.02 Å². The highest BCUT2D eigenvalue weighted by Gasteiger charge is 2.05. The number of nitrogens with zero attached hydrogens (tertiary/aromatic N) is 1. The molecule has 1 aromatic carbocycles. The summed E-state index contributed by atoms with van der Waals surface area (Å²) in [4.78, 5) is 14.1. The van der Waals surface area contributed by atoms with Crippen molar-refractivity contribution in [2.75, 3.05) is 0 Å². The highest BCUT2D eigenvalue weighted by Crippen LogP contribution is 2.15. The number of carbonyl (C=O) groups excluding carboxylic acids is 1. The third-order valence-electron chi connectivity index (χ3n) is 2.53. The number of aryl methyl sites for hydroxylation is 1. The number of hydrogen-bond acceptors (Lipinski definition) is 3. The molecule has 0 atom stereocenters.